The van der Waals surface area contributed by atoms with Crippen LogP contribution in [0.4, 0.5) is 10.1 Å². The third-order valence-electron chi connectivity index (χ3n) is 2.38. The Labute approximate surface area is 87.5 Å². The average molecular weight is 209 g/mol. The molecular weight excluding hydrogens is 197 g/mol. The second-order valence-corrected chi connectivity index (χ2v) is 3.41. The van der Waals surface area contributed by atoms with Gasteiger partial charge in [-0.05, 0) is 19.1 Å². The molecule has 0 bridgehead atoms. The summed E-state index contributed by atoms with van der Waals surface area (Å²) >= 11 is 0. The molecule has 0 saturated carbocycles. The summed E-state index contributed by atoms with van der Waals surface area (Å²) in [5.41, 5.74) is 0.651. The molecule has 0 spiro atoms. The molecule has 1 heterocycles. The van der Waals surface area contributed by atoms with Crippen LogP contribution in [-0.4, -0.2) is 25.2 Å². The van der Waals surface area contributed by atoms with E-state index in [2.05, 4.69) is 0 Å². The van der Waals surface area contributed by atoms with Gasteiger partial charge in [-0.25, -0.2) is 4.39 Å². The van der Waals surface area contributed by atoms with Crippen molar-refractivity contribution in [2.75, 3.05) is 18.1 Å². The smallest absolute Gasteiger partial charge is 0.267 e. The summed E-state index contributed by atoms with van der Waals surface area (Å²) in [7, 11) is 0. The van der Waals surface area contributed by atoms with Crippen LogP contribution in [0.1, 0.15) is 6.92 Å². The number of carbonyl (C=O) groups excluding carboxylic acids is 1. The van der Waals surface area contributed by atoms with E-state index < -0.39 is 12.8 Å². The quantitative estimate of drug-likeness (QED) is 0.742. The summed E-state index contributed by atoms with van der Waals surface area (Å²) < 4.78 is 17.7. The van der Waals surface area contributed by atoms with E-state index in [1.54, 1.807) is 25.1 Å². The first-order valence-electron chi connectivity index (χ1n) is 4.87. The standard InChI is InChI=1S/C11H12FNO2/c1-8-11(14)13(7-6-12)9-4-2-3-5-10(9)15-8/h2-5,8H,6-7H2,1H3. The summed E-state index contributed by atoms with van der Waals surface area (Å²) in [5, 5.41) is 0. The van der Waals surface area contributed by atoms with E-state index in [1.807, 2.05) is 6.07 Å². The Kier molecular flexibility index (Phi) is 2.58. The molecule has 0 N–H and O–H groups in total. The number of fused-ring (bicyclic) bond motifs is 1. The molecule has 1 amide bonds. The fraction of sp³-hybridized carbons (Fsp3) is 0.364. The number of hydrogen-bond acceptors (Lipinski definition) is 2. The molecule has 0 saturated heterocycles. The van der Waals surface area contributed by atoms with Crippen molar-refractivity contribution in [3.63, 3.8) is 0 Å². The topological polar surface area (TPSA) is 29.5 Å². The summed E-state index contributed by atoms with van der Waals surface area (Å²) in [6, 6.07) is 7.17. The molecule has 0 radical (unpaired) electrons. The number of rotatable bonds is 2. The van der Waals surface area contributed by atoms with E-state index in [0.29, 0.717) is 11.4 Å². The highest BCUT2D eigenvalue weighted by atomic mass is 19.1. The number of hydrogen-bond donors (Lipinski definition) is 0. The Morgan fingerprint density at radius 3 is 2.93 bits per heavy atom. The van der Waals surface area contributed by atoms with Crippen molar-refractivity contribution in [1.82, 2.24) is 0 Å². The number of amides is 1. The Morgan fingerprint density at radius 1 is 1.47 bits per heavy atom. The number of para-hydroxylation sites is 2. The van der Waals surface area contributed by atoms with Gasteiger partial charge in [0, 0.05) is 0 Å². The van der Waals surface area contributed by atoms with Crippen LogP contribution in [0.15, 0.2) is 24.3 Å². The van der Waals surface area contributed by atoms with Crippen molar-refractivity contribution in [1.29, 1.82) is 0 Å². The highest BCUT2D eigenvalue weighted by Crippen LogP contribution is 2.33. The maximum absolute atomic E-state index is 12.3. The second kappa shape index (κ2) is 3.88. The number of anilines is 1. The monoisotopic (exact) mass is 209 g/mol. The molecule has 4 heteroatoms. The summed E-state index contributed by atoms with van der Waals surface area (Å²) in [4.78, 5) is 13.1. The molecule has 0 aromatic heterocycles. The van der Waals surface area contributed by atoms with Crippen LogP contribution >= 0.6 is 0 Å². The van der Waals surface area contributed by atoms with Gasteiger partial charge in [-0.3, -0.25) is 4.79 Å². The lowest BCUT2D eigenvalue weighted by molar-refractivity contribution is -0.125. The molecule has 3 nitrogen and oxygen atoms in total. The Morgan fingerprint density at radius 2 is 2.20 bits per heavy atom. The normalized spacial score (nSPS) is 19.7. The van der Waals surface area contributed by atoms with E-state index in [4.69, 9.17) is 4.74 Å². The molecule has 2 rings (SSSR count). The van der Waals surface area contributed by atoms with Gasteiger partial charge in [-0.1, -0.05) is 12.1 Å². The predicted octanol–water partition coefficient (Wildman–Crippen LogP) is 1.77. The lowest BCUT2D eigenvalue weighted by Gasteiger charge is -2.32. The Hall–Kier alpha value is -1.58. The zero-order valence-corrected chi connectivity index (χ0v) is 8.44. The lowest BCUT2D eigenvalue weighted by Crippen LogP contribution is -2.45. The van der Waals surface area contributed by atoms with E-state index in [0.717, 1.165) is 0 Å². The minimum Gasteiger partial charge on any atom is -0.479 e. The number of alkyl halides is 1. The maximum atomic E-state index is 12.3. The second-order valence-electron chi connectivity index (χ2n) is 3.41. The molecule has 1 aliphatic heterocycles. The van der Waals surface area contributed by atoms with E-state index in [1.165, 1.54) is 4.90 Å². The lowest BCUT2D eigenvalue weighted by atomic mass is 10.2. The van der Waals surface area contributed by atoms with Crippen LogP contribution in [-0.2, 0) is 4.79 Å². The number of carbonyl (C=O) groups is 1. The SMILES string of the molecule is CC1Oc2ccccc2N(CCF)C1=O. The first-order valence-corrected chi connectivity index (χ1v) is 4.87. The zero-order chi connectivity index (χ0) is 10.8. The molecule has 1 unspecified atom stereocenters. The number of halogens is 1. The van der Waals surface area contributed by atoms with Gasteiger partial charge in [0.05, 0.1) is 12.2 Å². The highest BCUT2D eigenvalue weighted by molar-refractivity contribution is 5.99. The molecule has 1 aromatic carbocycles. The van der Waals surface area contributed by atoms with Crippen LogP contribution in [0.2, 0.25) is 0 Å². The van der Waals surface area contributed by atoms with Gasteiger partial charge in [-0.2, -0.15) is 0 Å². The van der Waals surface area contributed by atoms with Crippen molar-refractivity contribution < 1.29 is 13.9 Å². The molecule has 15 heavy (non-hydrogen) atoms. The van der Waals surface area contributed by atoms with Crippen molar-refractivity contribution in [3.05, 3.63) is 24.3 Å². The largest absolute Gasteiger partial charge is 0.479 e. The van der Waals surface area contributed by atoms with E-state index >= 15 is 0 Å². The van der Waals surface area contributed by atoms with Gasteiger partial charge < -0.3 is 9.64 Å². The van der Waals surface area contributed by atoms with Crippen molar-refractivity contribution in [2.24, 2.45) is 0 Å². The first-order chi connectivity index (χ1) is 7.24. The zero-order valence-electron chi connectivity index (χ0n) is 8.44. The van der Waals surface area contributed by atoms with Crippen LogP contribution in [0.25, 0.3) is 0 Å². The fourth-order valence-electron chi connectivity index (χ4n) is 1.67. The Bertz CT molecular complexity index is 381. The third-order valence-corrected chi connectivity index (χ3v) is 2.38. The van der Waals surface area contributed by atoms with E-state index in [9.17, 15) is 9.18 Å². The number of nitrogens with zero attached hydrogens (tertiary/aromatic N) is 1. The van der Waals surface area contributed by atoms with Crippen LogP contribution in [0.5, 0.6) is 5.75 Å². The number of ether oxygens (including phenoxy) is 1. The summed E-state index contributed by atoms with van der Waals surface area (Å²) in [6.45, 7) is 1.21. The minimum atomic E-state index is -0.549. The van der Waals surface area contributed by atoms with Crippen molar-refractivity contribution >= 4 is 11.6 Å². The molecule has 1 atom stereocenters. The molecule has 1 aromatic rings. The minimum absolute atomic E-state index is 0.0869. The third kappa shape index (κ3) is 1.67. The summed E-state index contributed by atoms with van der Waals surface area (Å²) in [6.07, 6.45) is -0.536. The molecule has 80 valence electrons. The molecule has 0 fully saturated rings. The fourth-order valence-corrected chi connectivity index (χ4v) is 1.67. The van der Waals surface area contributed by atoms with E-state index in [-0.39, 0.29) is 12.5 Å². The molecular formula is C11H12FNO2. The van der Waals surface area contributed by atoms with Gasteiger partial charge in [0.25, 0.3) is 5.91 Å². The van der Waals surface area contributed by atoms with Crippen molar-refractivity contribution in [3.8, 4) is 5.75 Å². The average Bonchev–Trinajstić information content (AvgIpc) is 2.25. The van der Waals surface area contributed by atoms with Crippen LogP contribution < -0.4 is 9.64 Å². The predicted molar refractivity (Wildman–Crippen MR) is 54.9 cm³/mol. The van der Waals surface area contributed by atoms with Gasteiger partial charge in [0.15, 0.2) is 6.10 Å². The first kappa shape index (κ1) is 9.96. The Balaban J connectivity index is 2.40. The van der Waals surface area contributed by atoms with Gasteiger partial charge in [0.1, 0.15) is 12.4 Å². The molecule has 0 aliphatic carbocycles. The highest BCUT2D eigenvalue weighted by Gasteiger charge is 2.30. The van der Waals surface area contributed by atoms with Gasteiger partial charge in [-0.15, -0.1) is 0 Å². The number of benzene rings is 1. The summed E-state index contributed by atoms with van der Waals surface area (Å²) in [5.74, 6) is 0.449. The van der Waals surface area contributed by atoms with Gasteiger partial charge >= 0.3 is 0 Å². The molecule has 1 aliphatic rings. The van der Waals surface area contributed by atoms with Crippen LogP contribution in [0.3, 0.4) is 0 Å². The van der Waals surface area contributed by atoms with Crippen molar-refractivity contribution in [2.45, 2.75) is 13.0 Å². The van der Waals surface area contributed by atoms with Gasteiger partial charge in [0.2, 0.25) is 0 Å². The maximum Gasteiger partial charge on any atom is 0.267 e. The van der Waals surface area contributed by atoms with Crippen LogP contribution in [0, 0.1) is 0 Å².